The maximum atomic E-state index is 12.8. The third kappa shape index (κ3) is 5.37. The molecule has 0 saturated carbocycles. The fraction of sp³-hybridized carbons (Fsp3) is 0.417. The Morgan fingerprint density at radius 1 is 1.10 bits per heavy atom. The van der Waals surface area contributed by atoms with Crippen molar-refractivity contribution in [2.24, 2.45) is 5.92 Å². The quantitative estimate of drug-likeness (QED) is 0.693. The molecule has 0 aliphatic carbocycles. The lowest BCUT2D eigenvalue weighted by Crippen LogP contribution is -2.44. The van der Waals surface area contributed by atoms with Crippen LogP contribution in [-0.4, -0.2) is 43.1 Å². The predicted octanol–water partition coefficient (Wildman–Crippen LogP) is 4.03. The number of aryl methyl sites for hydroxylation is 1. The number of carbonyl (C=O) groups is 2. The van der Waals surface area contributed by atoms with E-state index in [2.05, 4.69) is 24.3 Å². The van der Waals surface area contributed by atoms with Gasteiger partial charge in [-0.15, -0.1) is 0 Å². The molecule has 2 aromatic carbocycles. The maximum Gasteiger partial charge on any atom is 0.342 e. The van der Waals surface area contributed by atoms with E-state index in [1.54, 1.807) is 19.1 Å². The topological polar surface area (TPSA) is 55.8 Å². The van der Waals surface area contributed by atoms with Gasteiger partial charge in [0, 0.05) is 13.1 Å². The van der Waals surface area contributed by atoms with Gasteiger partial charge in [-0.25, -0.2) is 4.79 Å². The molecule has 0 N–H and O–H groups in total. The third-order valence-corrected chi connectivity index (χ3v) is 5.50. The van der Waals surface area contributed by atoms with Gasteiger partial charge in [0.1, 0.15) is 11.3 Å². The maximum absolute atomic E-state index is 12.8. The number of benzene rings is 2. The molecule has 1 saturated heterocycles. The van der Waals surface area contributed by atoms with Gasteiger partial charge in [0.2, 0.25) is 0 Å². The van der Waals surface area contributed by atoms with Crippen molar-refractivity contribution in [2.45, 2.75) is 39.2 Å². The minimum absolute atomic E-state index is 0.136. The van der Waals surface area contributed by atoms with Crippen LogP contribution in [0.3, 0.4) is 0 Å². The average molecular weight is 395 g/mol. The van der Waals surface area contributed by atoms with Crippen molar-refractivity contribution in [3.05, 3.63) is 65.2 Å². The van der Waals surface area contributed by atoms with Crippen LogP contribution in [0, 0.1) is 12.8 Å². The Balaban J connectivity index is 1.53. The summed E-state index contributed by atoms with van der Waals surface area (Å²) in [5, 5.41) is 0. The molecule has 1 atom stereocenters. The number of nitrogens with zero attached hydrogens (tertiary/aromatic N) is 1. The van der Waals surface area contributed by atoms with Gasteiger partial charge in [0.15, 0.2) is 6.10 Å². The zero-order valence-electron chi connectivity index (χ0n) is 17.4. The second-order valence-corrected chi connectivity index (χ2v) is 7.71. The van der Waals surface area contributed by atoms with Gasteiger partial charge in [-0.2, -0.15) is 0 Å². The number of methoxy groups -OCH3 is 1. The minimum atomic E-state index is -0.821. The summed E-state index contributed by atoms with van der Waals surface area (Å²) >= 11 is 0. The first kappa shape index (κ1) is 20.9. The lowest BCUT2D eigenvalue weighted by atomic mass is 9.90. The van der Waals surface area contributed by atoms with E-state index >= 15 is 0 Å². The van der Waals surface area contributed by atoms with Crippen LogP contribution in [0.2, 0.25) is 0 Å². The molecule has 1 heterocycles. The van der Waals surface area contributed by atoms with E-state index in [-0.39, 0.29) is 5.91 Å². The van der Waals surface area contributed by atoms with E-state index in [0.717, 1.165) is 24.8 Å². The Morgan fingerprint density at radius 3 is 2.45 bits per heavy atom. The van der Waals surface area contributed by atoms with Crippen LogP contribution in [0.4, 0.5) is 0 Å². The molecule has 29 heavy (non-hydrogen) atoms. The van der Waals surface area contributed by atoms with Crippen LogP contribution in [0.1, 0.15) is 41.3 Å². The number of amides is 1. The second kappa shape index (κ2) is 9.59. The predicted molar refractivity (Wildman–Crippen MR) is 112 cm³/mol. The number of hydrogen-bond acceptors (Lipinski definition) is 4. The molecular weight excluding hydrogens is 366 g/mol. The van der Waals surface area contributed by atoms with E-state index in [1.807, 2.05) is 24.0 Å². The van der Waals surface area contributed by atoms with Gasteiger partial charge in [-0.05, 0) is 56.7 Å². The van der Waals surface area contributed by atoms with Crippen LogP contribution in [0.5, 0.6) is 5.75 Å². The van der Waals surface area contributed by atoms with Crippen LogP contribution < -0.4 is 4.74 Å². The fourth-order valence-corrected chi connectivity index (χ4v) is 3.82. The highest BCUT2D eigenvalue weighted by molar-refractivity contribution is 5.94. The second-order valence-electron chi connectivity index (χ2n) is 7.71. The highest BCUT2D eigenvalue weighted by Crippen LogP contribution is 2.24. The molecule has 0 radical (unpaired) electrons. The number of piperidine rings is 1. The van der Waals surface area contributed by atoms with Gasteiger partial charge in [-0.1, -0.05) is 42.0 Å². The standard InChI is InChI=1S/C24H29NO4/c1-17-9-10-22(28-3)21(15-17)24(27)29-18(2)23(26)25-13-11-20(12-14-25)16-19-7-5-4-6-8-19/h4-10,15,18,20H,11-14,16H2,1-3H3. The lowest BCUT2D eigenvalue weighted by Gasteiger charge is -2.33. The van der Waals surface area contributed by atoms with Crippen molar-refractivity contribution < 1.29 is 19.1 Å². The van der Waals surface area contributed by atoms with E-state index in [4.69, 9.17) is 9.47 Å². The number of esters is 1. The highest BCUT2D eigenvalue weighted by atomic mass is 16.5. The summed E-state index contributed by atoms with van der Waals surface area (Å²) in [5.41, 5.74) is 2.61. The third-order valence-electron chi connectivity index (χ3n) is 5.50. The summed E-state index contributed by atoms with van der Waals surface area (Å²) in [6.45, 7) is 4.93. The molecular formula is C24H29NO4. The van der Waals surface area contributed by atoms with Gasteiger partial charge >= 0.3 is 5.97 Å². The Labute approximate surface area is 172 Å². The normalized spacial score (nSPS) is 15.6. The summed E-state index contributed by atoms with van der Waals surface area (Å²) in [6, 6.07) is 15.8. The number of hydrogen-bond donors (Lipinski definition) is 0. The molecule has 5 heteroatoms. The fourth-order valence-electron chi connectivity index (χ4n) is 3.82. The molecule has 0 aromatic heterocycles. The molecule has 0 bridgehead atoms. The molecule has 1 fully saturated rings. The minimum Gasteiger partial charge on any atom is -0.496 e. The molecule has 3 rings (SSSR count). The summed E-state index contributed by atoms with van der Waals surface area (Å²) in [7, 11) is 1.51. The molecule has 1 amide bonds. The van der Waals surface area contributed by atoms with E-state index in [0.29, 0.717) is 30.3 Å². The number of likely N-dealkylation sites (tertiary alicyclic amines) is 1. The first-order valence-electron chi connectivity index (χ1n) is 10.2. The van der Waals surface area contributed by atoms with Crippen molar-refractivity contribution >= 4 is 11.9 Å². The average Bonchev–Trinajstić information content (AvgIpc) is 2.74. The molecule has 1 unspecified atom stereocenters. The van der Waals surface area contributed by atoms with Gasteiger partial charge in [0.05, 0.1) is 7.11 Å². The van der Waals surface area contributed by atoms with Crippen LogP contribution in [-0.2, 0) is 16.0 Å². The van der Waals surface area contributed by atoms with Crippen molar-refractivity contribution in [2.75, 3.05) is 20.2 Å². The number of carbonyl (C=O) groups excluding carboxylic acids is 2. The largest absolute Gasteiger partial charge is 0.496 e. The SMILES string of the molecule is COc1ccc(C)cc1C(=O)OC(C)C(=O)N1CCC(Cc2ccccc2)CC1. The number of ether oxygens (including phenoxy) is 2. The molecule has 154 valence electrons. The smallest absolute Gasteiger partial charge is 0.342 e. The van der Waals surface area contributed by atoms with Crippen molar-refractivity contribution in [1.29, 1.82) is 0 Å². The van der Waals surface area contributed by atoms with Gasteiger partial charge in [0.25, 0.3) is 5.91 Å². The zero-order chi connectivity index (χ0) is 20.8. The lowest BCUT2D eigenvalue weighted by molar-refractivity contribution is -0.141. The van der Waals surface area contributed by atoms with E-state index in [1.165, 1.54) is 12.7 Å². The Morgan fingerprint density at radius 2 is 1.79 bits per heavy atom. The molecule has 0 spiro atoms. The van der Waals surface area contributed by atoms with Crippen LogP contribution in [0.25, 0.3) is 0 Å². The van der Waals surface area contributed by atoms with Crippen molar-refractivity contribution in [3.63, 3.8) is 0 Å². The van der Waals surface area contributed by atoms with Crippen molar-refractivity contribution in [1.82, 2.24) is 4.90 Å². The molecule has 5 nitrogen and oxygen atoms in total. The summed E-state index contributed by atoms with van der Waals surface area (Å²) in [4.78, 5) is 27.1. The Kier molecular flexibility index (Phi) is 6.91. The summed E-state index contributed by atoms with van der Waals surface area (Å²) < 4.78 is 10.7. The van der Waals surface area contributed by atoms with Crippen molar-refractivity contribution in [3.8, 4) is 5.75 Å². The van der Waals surface area contributed by atoms with Gasteiger partial charge in [-0.3, -0.25) is 4.79 Å². The highest BCUT2D eigenvalue weighted by Gasteiger charge is 2.29. The zero-order valence-corrected chi connectivity index (χ0v) is 17.4. The van der Waals surface area contributed by atoms with E-state index in [9.17, 15) is 9.59 Å². The Hall–Kier alpha value is -2.82. The Bertz CT molecular complexity index is 841. The molecule has 2 aromatic rings. The molecule has 1 aliphatic heterocycles. The van der Waals surface area contributed by atoms with Crippen LogP contribution in [0.15, 0.2) is 48.5 Å². The summed E-state index contributed by atoms with van der Waals surface area (Å²) in [5.74, 6) is 0.353. The molecule has 1 aliphatic rings. The van der Waals surface area contributed by atoms with E-state index < -0.39 is 12.1 Å². The first-order valence-corrected chi connectivity index (χ1v) is 10.2. The number of rotatable bonds is 6. The van der Waals surface area contributed by atoms with Crippen LogP contribution >= 0.6 is 0 Å². The van der Waals surface area contributed by atoms with Gasteiger partial charge < -0.3 is 14.4 Å². The summed E-state index contributed by atoms with van der Waals surface area (Å²) in [6.07, 6.45) is 2.15. The monoisotopic (exact) mass is 395 g/mol. The first-order chi connectivity index (χ1) is 14.0.